The molecule has 3 heterocycles. The third-order valence-electron chi connectivity index (χ3n) is 3.84. The first-order valence-electron chi connectivity index (χ1n) is 7.09. The smallest absolute Gasteiger partial charge is 0.379 e. The molecule has 1 unspecified atom stereocenters. The number of hydrogen-bond acceptors (Lipinski definition) is 6. The van der Waals surface area contributed by atoms with Gasteiger partial charge in [-0.15, -0.1) is 0 Å². The molecule has 1 saturated heterocycles. The minimum atomic E-state index is -4.84. The molecule has 1 aliphatic rings. The van der Waals surface area contributed by atoms with Gasteiger partial charge in [0.25, 0.3) is 5.56 Å². The summed E-state index contributed by atoms with van der Waals surface area (Å²) in [5.74, 6) is 0. The van der Waals surface area contributed by atoms with Crippen LogP contribution in [0.25, 0.3) is 10.3 Å². The fourth-order valence-electron chi connectivity index (χ4n) is 2.41. The summed E-state index contributed by atoms with van der Waals surface area (Å²) < 4.78 is 39.3. The fourth-order valence-corrected chi connectivity index (χ4v) is 3.43. The van der Waals surface area contributed by atoms with Gasteiger partial charge in [-0.25, -0.2) is 4.98 Å². The number of hydrogen-bond donors (Lipinski definition) is 1. The van der Waals surface area contributed by atoms with Crippen LogP contribution in [0.5, 0.6) is 0 Å². The molecule has 1 fully saturated rings. The van der Waals surface area contributed by atoms with Gasteiger partial charge < -0.3 is 10.0 Å². The van der Waals surface area contributed by atoms with Crippen LogP contribution in [0.15, 0.2) is 11.1 Å². The van der Waals surface area contributed by atoms with Crippen molar-refractivity contribution in [2.45, 2.75) is 38.1 Å². The molecule has 23 heavy (non-hydrogen) atoms. The van der Waals surface area contributed by atoms with Crippen molar-refractivity contribution >= 4 is 26.8 Å². The van der Waals surface area contributed by atoms with Gasteiger partial charge in [0.05, 0.1) is 6.54 Å². The van der Waals surface area contributed by atoms with Crippen molar-refractivity contribution in [1.82, 2.24) is 14.5 Å². The Bertz CT molecular complexity index is 778. The normalized spacial score (nSPS) is 18.6. The van der Waals surface area contributed by atoms with Gasteiger partial charge >= 0.3 is 6.18 Å². The Balaban J connectivity index is 1.97. The van der Waals surface area contributed by atoms with Crippen LogP contribution in [0.3, 0.4) is 0 Å². The Labute approximate surface area is 133 Å². The molecular formula is C13H15F3N4O2S. The summed E-state index contributed by atoms with van der Waals surface area (Å²) in [6.07, 6.45) is -1.75. The number of thiazole rings is 1. The van der Waals surface area contributed by atoms with Crippen LogP contribution in [-0.2, 0) is 6.54 Å². The Kier molecular flexibility index (Phi) is 3.83. The molecule has 1 aliphatic heterocycles. The van der Waals surface area contributed by atoms with E-state index >= 15 is 0 Å². The maximum atomic E-state index is 12.8. The van der Waals surface area contributed by atoms with Crippen molar-refractivity contribution < 1.29 is 18.3 Å². The molecule has 1 atom stereocenters. The van der Waals surface area contributed by atoms with Crippen LogP contribution < -0.4 is 10.5 Å². The molecule has 2 aromatic heterocycles. The van der Waals surface area contributed by atoms with Gasteiger partial charge in [-0.3, -0.25) is 9.36 Å². The van der Waals surface area contributed by atoms with Gasteiger partial charge in [-0.1, -0.05) is 11.3 Å². The standard InChI is InChI=1S/C13H15F3N4O2S/c1-12(22,13(14,15)16)6-20-7-17-9-8(10(20)21)23-11(18-9)19-4-2-3-5-19/h7,22H,2-6H2,1H3. The van der Waals surface area contributed by atoms with Crippen molar-refractivity contribution in [2.24, 2.45) is 0 Å². The van der Waals surface area contributed by atoms with Crippen LogP contribution in [0.4, 0.5) is 18.3 Å². The lowest BCUT2D eigenvalue weighted by Crippen LogP contribution is -2.47. The molecule has 0 bridgehead atoms. The molecule has 2 aromatic rings. The number of fused-ring (bicyclic) bond motifs is 1. The number of rotatable bonds is 3. The number of aromatic nitrogens is 3. The monoisotopic (exact) mass is 348 g/mol. The van der Waals surface area contributed by atoms with Crippen molar-refractivity contribution in [2.75, 3.05) is 18.0 Å². The molecule has 0 aliphatic carbocycles. The van der Waals surface area contributed by atoms with Crippen LogP contribution in [0.2, 0.25) is 0 Å². The van der Waals surface area contributed by atoms with E-state index in [2.05, 4.69) is 9.97 Å². The van der Waals surface area contributed by atoms with Gasteiger partial charge in [-0.05, 0) is 19.8 Å². The molecule has 0 saturated carbocycles. The Morgan fingerprint density at radius 1 is 1.35 bits per heavy atom. The highest BCUT2D eigenvalue weighted by molar-refractivity contribution is 7.22. The predicted octanol–water partition coefficient (Wildman–Crippen LogP) is 1.77. The number of nitrogens with zero attached hydrogens (tertiary/aromatic N) is 4. The number of aliphatic hydroxyl groups is 1. The lowest BCUT2D eigenvalue weighted by Gasteiger charge is -2.26. The third kappa shape index (κ3) is 2.92. The first-order chi connectivity index (χ1) is 10.7. The summed E-state index contributed by atoms with van der Waals surface area (Å²) in [7, 11) is 0. The van der Waals surface area contributed by atoms with E-state index in [9.17, 15) is 23.1 Å². The van der Waals surface area contributed by atoms with Gasteiger partial charge in [0.15, 0.2) is 16.4 Å². The van der Waals surface area contributed by atoms with Crippen LogP contribution in [-0.4, -0.2) is 44.5 Å². The second-order valence-corrected chi connectivity index (χ2v) is 6.77. The summed E-state index contributed by atoms with van der Waals surface area (Å²) >= 11 is 1.12. The molecule has 126 valence electrons. The molecule has 0 amide bonds. The lowest BCUT2D eigenvalue weighted by atomic mass is 10.1. The van der Waals surface area contributed by atoms with E-state index < -0.39 is 23.9 Å². The zero-order chi connectivity index (χ0) is 16.8. The molecule has 10 heteroatoms. The molecule has 6 nitrogen and oxygen atoms in total. The van der Waals surface area contributed by atoms with Crippen molar-refractivity contribution in [3.63, 3.8) is 0 Å². The molecule has 3 rings (SSSR count). The van der Waals surface area contributed by atoms with E-state index in [0.717, 1.165) is 48.2 Å². The quantitative estimate of drug-likeness (QED) is 0.915. The Hall–Kier alpha value is -1.68. The molecule has 0 aromatic carbocycles. The highest BCUT2D eigenvalue weighted by atomic mass is 32.1. The van der Waals surface area contributed by atoms with E-state index in [1.54, 1.807) is 0 Å². The second-order valence-electron chi connectivity index (χ2n) is 5.79. The van der Waals surface area contributed by atoms with Crippen LogP contribution in [0.1, 0.15) is 19.8 Å². The Morgan fingerprint density at radius 2 is 2.00 bits per heavy atom. The van der Waals surface area contributed by atoms with E-state index in [1.807, 2.05) is 4.90 Å². The third-order valence-corrected chi connectivity index (χ3v) is 4.93. The van der Waals surface area contributed by atoms with Gasteiger partial charge in [0.1, 0.15) is 11.0 Å². The number of halogens is 3. The first-order valence-corrected chi connectivity index (χ1v) is 7.91. The zero-order valence-corrected chi connectivity index (χ0v) is 13.1. The minimum Gasteiger partial charge on any atom is -0.379 e. The van der Waals surface area contributed by atoms with Crippen LogP contribution in [0, 0.1) is 0 Å². The fraction of sp³-hybridized carbons (Fsp3) is 0.615. The summed E-state index contributed by atoms with van der Waals surface area (Å²) in [4.78, 5) is 22.6. The highest BCUT2D eigenvalue weighted by Crippen LogP contribution is 2.31. The lowest BCUT2D eigenvalue weighted by molar-refractivity contribution is -0.257. The largest absolute Gasteiger partial charge is 0.418 e. The molecule has 0 spiro atoms. The van der Waals surface area contributed by atoms with Gasteiger partial charge in [-0.2, -0.15) is 18.2 Å². The van der Waals surface area contributed by atoms with E-state index in [-0.39, 0.29) is 10.3 Å². The minimum absolute atomic E-state index is 0.201. The maximum Gasteiger partial charge on any atom is 0.418 e. The molecule has 0 radical (unpaired) electrons. The Morgan fingerprint density at radius 3 is 2.61 bits per heavy atom. The van der Waals surface area contributed by atoms with Crippen molar-refractivity contribution in [3.05, 3.63) is 16.7 Å². The van der Waals surface area contributed by atoms with Gasteiger partial charge in [0.2, 0.25) is 0 Å². The average Bonchev–Trinajstić information content (AvgIpc) is 3.08. The average molecular weight is 348 g/mol. The molecule has 1 N–H and O–H groups in total. The summed E-state index contributed by atoms with van der Waals surface area (Å²) in [5, 5.41) is 10.2. The van der Waals surface area contributed by atoms with Crippen LogP contribution >= 0.6 is 11.3 Å². The second kappa shape index (κ2) is 5.45. The van der Waals surface area contributed by atoms with E-state index in [4.69, 9.17) is 0 Å². The zero-order valence-electron chi connectivity index (χ0n) is 12.3. The van der Waals surface area contributed by atoms with Crippen molar-refractivity contribution in [1.29, 1.82) is 0 Å². The van der Waals surface area contributed by atoms with E-state index in [1.165, 1.54) is 0 Å². The number of alkyl halides is 3. The van der Waals surface area contributed by atoms with E-state index in [0.29, 0.717) is 12.1 Å². The molecular weight excluding hydrogens is 333 g/mol. The predicted molar refractivity (Wildman–Crippen MR) is 79.8 cm³/mol. The number of anilines is 1. The summed E-state index contributed by atoms with van der Waals surface area (Å²) in [5.41, 5.74) is -3.40. The first kappa shape index (κ1) is 16.2. The topological polar surface area (TPSA) is 71.2 Å². The highest BCUT2D eigenvalue weighted by Gasteiger charge is 2.50. The van der Waals surface area contributed by atoms with Gasteiger partial charge in [0, 0.05) is 13.1 Å². The maximum absolute atomic E-state index is 12.8. The SMILES string of the molecule is CC(O)(Cn1cnc2nc(N3CCCC3)sc2c1=O)C(F)(F)F. The summed E-state index contributed by atoms with van der Waals surface area (Å²) in [6.45, 7) is 1.41. The summed E-state index contributed by atoms with van der Waals surface area (Å²) in [6, 6.07) is 0. The van der Waals surface area contributed by atoms with Crippen molar-refractivity contribution in [3.8, 4) is 0 Å².